The zero-order valence-electron chi connectivity index (χ0n) is 15.8. The van der Waals surface area contributed by atoms with Gasteiger partial charge in [0.1, 0.15) is 0 Å². The quantitative estimate of drug-likeness (QED) is 0.498. The van der Waals surface area contributed by atoms with Crippen molar-refractivity contribution >= 4 is 0 Å². The fraction of sp³-hybridized carbons (Fsp3) is 0.409. The van der Waals surface area contributed by atoms with Crippen LogP contribution in [0.25, 0.3) is 0 Å². The van der Waals surface area contributed by atoms with Crippen molar-refractivity contribution in [2.24, 2.45) is 0 Å². The van der Waals surface area contributed by atoms with Crippen molar-refractivity contribution in [2.45, 2.75) is 61.3 Å². The van der Waals surface area contributed by atoms with Crippen molar-refractivity contribution in [1.29, 1.82) is 0 Å². The third-order valence-corrected chi connectivity index (χ3v) is 2.22. The van der Waals surface area contributed by atoms with E-state index in [1.54, 1.807) is 0 Å². The van der Waals surface area contributed by atoms with E-state index in [9.17, 15) is 0 Å². The Morgan fingerprint density at radius 3 is 1.23 bits per heavy atom. The molecule has 1 aliphatic rings. The molecule has 2 rings (SSSR count). The van der Waals surface area contributed by atoms with Gasteiger partial charge in [-0.15, -0.1) is 0 Å². The molecule has 1 aromatic rings. The second-order valence-electron chi connectivity index (χ2n) is 4.00. The standard InChI is InChI=1S/C7H8.C7H7.C4H10.2C2H6/c1-7-5-3-2-4-6-7;1-2-4-6-7-5-3-1;1-3-4-2;2*1-2/h2-6H,1H3;1-7H;3-4H2,1-2H3;2*1-2H3. The first kappa shape index (κ1) is 25.4. The molecule has 22 heavy (non-hydrogen) atoms. The van der Waals surface area contributed by atoms with Crippen molar-refractivity contribution in [2.75, 3.05) is 0 Å². The Balaban J connectivity index is -0.000000228. The largest absolute Gasteiger partial charge is 0.0767 e. The predicted octanol–water partition coefficient (Wildman–Crippen LogP) is 7.73. The van der Waals surface area contributed by atoms with Gasteiger partial charge in [0.05, 0.1) is 0 Å². The summed E-state index contributed by atoms with van der Waals surface area (Å²) in [6.45, 7) is 14.4. The van der Waals surface area contributed by atoms with Crippen LogP contribution in [-0.2, 0) is 0 Å². The highest BCUT2D eigenvalue weighted by molar-refractivity contribution is 5.23. The van der Waals surface area contributed by atoms with Crippen LogP contribution < -0.4 is 0 Å². The summed E-state index contributed by atoms with van der Waals surface area (Å²) in [4.78, 5) is 0. The van der Waals surface area contributed by atoms with Gasteiger partial charge < -0.3 is 0 Å². The van der Waals surface area contributed by atoms with E-state index in [2.05, 4.69) is 32.9 Å². The molecule has 1 aliphatic carbocycles. The van der Waals surface area contributed by atoms with E-state index >= 15 is 0 Å². The molecule has 0 heteroatoms. The van der Waals surface area contributed by atoms with Crippen LogP contribution >= 0.6 is 0 Å². The van der Waals surface area contributed by atoms with Gasteiger partial charge in [-0.2, -0.15) is 0 Å². The average molecular weight is 302 g/mol. The Kier molecular flexibility index (Phi) is 32.0. The van der Waals surface area contributed by atoms with Crippen molar-refractivity contribution in [3.8, 4) is 0 Å². The minimum absolute atomic E-state index is 1.32. The molecule has 0 nitrogen and oxygen atoms in total. The van der Waals surface area contributed by atoms with E-state index < -0.39 is 0 Å². The highest BCUT2D eigenvalue weighted by Crippen LogP contribution is 1.92. The number of unbranched alkanes of at least 4 members (excludes halogenated alkanes) is 1. The summed E-state index contributed by atoms with van der Waals surface area (Å²) in [5, 5.41) is 0. The molecule has 0 aliphatic heterocycles. The maximum atomic E-state index is 2.18. The summed E-state index contributed by atoms with van der Waals surface area (Å²) >= 11 is 0. The van der Waals surface area contributed by atoms with Crippen LogP contribution in [-0.4, -0.2) is 0 Å². The predicted molar refractivity (Wildman–Crippen MR) is 106 cm³/mol. The summed E-state index contributed by atoms with van der Waals surface area (Å²) in [5.41, 5.74) is 1.32. The second kappa shape index (κ2) is 27.7. The first-order chi connectivity index (χ1) is 10.8. The Morgan fingerprint density at radius 2 is 0.955 bits per heavy atom. The second-order valence-corrected chi connectivity index (χ2v) is 4.00. The van der Waals surface area contributed by atoms with Gasteiger partial charge >= 0.3 is 0 Å². The molecule has 0 saturated carbocycles. The van der Waals surface area contributed by atoms with Crippen molar-refractivity contribution < 1.29 is 0 Å². The summed E-state index contributed by atoms with van der Waals surface area (Å²) < 4.78 is 0. The molecule has 0 heterocycles. The maximum absolute atomic E-state index is 2.18. The van der Waals surface area contributed by atoms with Gasteiger partial charge in [-0.3, -0.25) is 0 Å². The number of allylic oxidation sites excluding steroid dienone is 6. The molecular weight excluding hydrogens is 264 g/mol. The summed E-state index contributed by atoms with van der Waals surface area (Å²) in [7, 11) is 0. The Labute approximate surface area is 140 Å². The molecule has 1 aromatic carbocycles. The zero-order valence-corrected chi connectivity index (χ0v) is 15.8. The summed E-state index contributed by atoms with van der Waals surface area (Å²) in [6, 6.07) is 10.3. The van der Waals surface area contributed by atoms with Crippen molar-refractivity contribution in [3.05, 3.63) is 78.8 Å². The molecule has 1 radical (unpaired) electrons. The van der Waals surface area contributed by atoms with Crippen LogP contribution in [0, 0.1) is 13.3 Å². The maximum Gasteiger partial charge on any atom is 0.00506 e. The third kappa shape index (κ3) is 26.9. The molecule has 125 valence electrons. The fourth-order valence-corrected chi connectivity index (χ4v) is 0.983. The van der Waals surface area contributed by atoms with Crippen LogP contribution in [0.1, 0.15) is 59.9 Å². The topological polar surface area (TPSA) is 0 Å². The number of benzene rings is 1. The van der Waals surface area contributed by atoms with Gasteiger partial charge in [-0.25, -0.2) is 0 Å². The number of rotatable bonds is 1. The van der Waals surface area contributed by atoms with E-state index in [0.717, 1.165) is 0 Å². The van der Waals surface area contributed by atoms with Crippen molar-refractivity contribution in [1.82, 2.24) is 0 Å². The molecular formula is C22H37. The molecule has 0 unspecified atom stereocenters. The van der Waals surface area contributed by atoms with Gasteiger partial charge in [0.15, 0.2) is 0 Å². The van der Waals surface area contributed by atoms with Gasteiger partial charge in [0, 0.05) is 6.42 Å². The lowest BCUT2D eigenvalue weighted by Crippen LogP contribution is -1.62. The van der Waals surface area contributed by atoms with Gasteiger partial charge in [-0.1, -0.05) is 127 Å². The van der Waals surface area contributed by atoms with Gasteiger partial charge in [0.25, 0.3) is 0 Å². The zero-order chi connectivity index (χ0) is 17.5. The van der Waals surface area contributed by atoms with Crippen LogP contribution in [0.5, 0.6) is 0 Å². The molecule has 0 fully saturated rings. The molecule has 0 spiro atoms. The van der Waals surface area contributed by atoms with Crippen LogP contribution in [0.15, 0.2) is 66.8 Å². The monoisotopic (exact) mass is 301 g/mol. The number of hydrogen-bond donors (Lipinski definition) is 0. The lowest BCUT2D eigenvalue weighted by atomic mass is 10.2. The lowest BCUT2D eigenvalue weighted by molar-refractivity contribution is 0.886. The van der Waals surface area contributed by atoms with E-state index in [1.807, 2.05) is 88.8 Å². The Bertz CT molecular complexity index is 326. The Hall–Kier alpha value is -1.56. The highest BCUT2D eigenvalue weighted by Gasteiger charge is 1.72. The average Bonchev–Trinajstić information content (AvgIpc) is 2.93. The SMILES string of the molecule is CC.CC.CCCC.Cc1ccccc1.[CH]1C=CC=CC=C1. The molecule has 0 bridgehead atoms. The number of hydrogen-bond acceptors (Lipinski definition) is 0. The summed E-state index contributed by atoms with van der Waals surface area (Å²) in [5.74, 6) is 0. The van der Waals surface area contributed by atoms with E-state index in [0.29, 0.717) is 0 Å². The van der Waals surface area contributed by atoms with Crippen LogP contribution in [0.2, 0.25) is 0 Å². The highest BCUT2D eigenvalue weighted by atomic mass is 13.8. The normalized spacial score (nSPS) is 10.1. The molecule has 0 aromatic heterocycles. The smallest absolute Gasteiger partial charge is 0.00506 e. The lowest BCUT2D eigenvalue weighted by Gasteiger charge is -1.82. The van der Waals surface area contributed by atoms with E-state index in [1.165, 1.54) is 18.4 Å². The minimum atomic E-state index is 1.32. The molecule has 0 N–H and O–H groups in total. The Morgan fingerprint density at radius 1 is 0.591 bits per heavy atom. The first-order valence-electron chi connectivity index (χ1n) is 8.66. The van der Waals surface area contributed by atoms with E-state index in [-0.39, 0.29) is 0 Å². The first-order valence-corrected chi connectivity index (χ1v) is 8.66. The summed E-state index contributed by atoms with van der Waals surface area (Å²) in [6.07, 6.45) is 16.6. The fourth-order valence-electron chi connectivity index (χ4n) is 0.983. The molecule has 0 amide bonds. The van der Waals surface area contributed by atoms with Crippen molar-refractivity contribution in [3.63, 3.8) is 0 Å². The van der Waals surface area contributed by atoms with Gasteiger partial charge in [-0.05, 0) is 6.92 Å². The third-order valence-electron chi connectivity index (χ3n) is 2.22. The minimum Gasteiger partial charge on any atom is -0.0767 e. The van der Waals surface area contributed by atoms with Crippen LogP contribution in [0.3, 0.4) is 0 Å². The van der Waals surface area contributed by atoms with Crippen LogP contribution in [0.4, 0.5) is 0 Å². The molecule has 0 atom stereocenters. The van der Waals surface area contributed by atoms with E-state index in [4.69, 9.17) is 0 Å². The van der Waals surface area contributed by atoms with Gasteiger partial charge in [0.2, 0.25) is 0 Å². The molecule has 0 saturated heterocycles. The number of aryl methyl sites for hydroxylation is 1.